The van der Waals surface area contributed by atoms with E-state index in [9.17, 15) is 26.4 Å². The van der Waals surface area contributed by atoms with Gasteiger partial charge in [-0.3, -0.25) is 4.79 Å². The zero-order chi connectivity index (χ0) is 25.9. The first kappa shape index (κ1) is 26.4. The number of carbonyl (C=O) groups excluding carboxylic acids is 1. The molecule has 2 aliphatic rings. The highest BCUT2D eigenvalue weighted by Crippen LogP contribution is 2.38. The van der Waals surface area contributed by atoms with Gasteiger partial charge in [-0.05, 0) is 56.3 Å². The maximum atomic E-state index is 14.2. The molecule has 0 radical (unpaired) electrons. The predicted molar refractivity (Wildman–Crippen MR) is 127 cm³/mol. The highest BCUT2D eigenvalue weighted by molar-refractivity contribution is 7.89. The number of hydrogen-bond donors (Lipinski definition) is 0. The average Bonchev–Trinajstić information content (AvgIpc) is 2.84. The number of ether oxygens (including phenoxy) is 1. The fourth-order valence-electron chi connectivity index (χ4n) is 4.65. The molecule has 2 aromatic rings. The van der Waals surface area contributed by atoms with E-state index in [1.165, 1.54) is 28.6 Å². The molecule has 2 aromatic carbocycles. The molecule has 0 aliphatic carbocycles. The molecule has 0 unspecified atom stereocenters. The standard InChI is InChI=1S/C25H30F3N3O4S/c1-29-12-14-30(15-13-29)24(32)17-25(18-35-21-5-2-19(26)3-6-21)8-10-31(11-9-25)36(33,34)23-7-4-20(27)16-22(23)28/h2-7,16H,8-15,17-18H2,1H3. The molecular weight excluding hydrogens is 495 g/mol. The van der Waals surface area contributed by atoms with Gasteiger partial charge in [0, 0.05) is 57.2 Å². The van der Waals surface area contributed by atoms with E-state index in [2.05, 4.69) is 4.90 Å². The minimum atomic E-state index is -4.18. The van der Waals surface area contributed by atoms with Crippen molar-refractivity contribution >= 4 is 15.9 Å². The van der Waals surface area contributed by atoms with Gasteiger partial charge >= 0.3 is 0 Å². The molecule has 2 heterocycles. The van der Waals surface area contributed by atoms with E-state index in [0.29, 0.717) is 37.7 Å². The lowest BCUT2D eigenvalue weighted by molar-refractivity contribution is -0.136. The van der Waals surface area contributed by atoms with Crippen LogP contribution in [-0.4, -0.2) is 81.4 Å². The van der Waals surface area contributed by atoms with Crippen LogP contribution < -0.4 is 4.74 Å². The van der Waals surface area contributed by atoms with Gasteiger partial charge in [-0.15, -0.1) is 0 Å². The Morgan fingerprint density at radius 2 is 1.53 bits per heavy atom. The Morgan fingerprint density at radius 3 is 2.14 bits per heavy atom. The normalized spacial score (nSPS) is 19.3. The van der Waals surface area contributed by atoms with Crippen molar-refractivity contribution in [2.75, 3.05) is 52.9 Å². The summed E-state index contributed by atoms with van der Waals surface area (Å²) in [6.45, 7) is 3.06. The number of amides is 1. The molecule has 2 fully saturated rings. The van der Waals surface area contributed by atoms with Gasteiger partial charge in [0.25, 0.3) is 0 Å². The Balaban J connectivity index is 1.50. The van der Waals surface area contributed by atoms with Crippen LogP contribution >= 0.6 is 0 Å². The van der Waals surface area contributed by atoms with Gasteiger partial charge in [0.15, 0.2) is 0 Å². The summed E-state index contributed by atoms with van der Waals surface area (Å²) in [6.07, 6.45) is 0.808. The van der Waals surface area contributed by atoms with Crippen LogP contribution in [0.3, 0.4) is 0 Å². The average molecular weight is 526 g/mol. The van der Waals surface area contributed by atoms with Crippen molar-refractivity contribution in [3.05, 3.63) is 59.9 Å². The second kappa shape index (κ2) is 10.8. The van der Waals surface area contributed by atoms with Crippen molar-refractivity contribution in [3.8, 4) is 5.75 Å². The monoisotopic (exact) mass is 525 g/mol. The number of carbonyl (C=O) groups is 1. The molecule has 2 saturated heterocycles. The number of halogens is 3. The summed E-state index contributed by atoms with van der Waals surface area (Å²) in [7, 11) is -2.18. The third-order valence-corrected chi connectivity index (χ3v) is 8.97. The Labute approximate surface area is 209 Å². The van der Waals surface area contributed by atoms with Gasteiger partial charge in [-0.25, -0.2) is 21.6 Å². The molecule has 0 aromatic heterocycles. The van der Waals surface area contributed by atoms with Gasteiger partial charge in [-0.2, -0.15) is 4.31 Å². The zero-order valence-electron chi connectivity index (χ0n) is 20.1. The summed E-state index contributed by atoms with van der Waals surface area (Å²) in [6, 6.07) is 7.95. The van der Waals surface area contributed by atoms with Crippen LogP contribution in [0.2, 0.25) is 0 Å². The van der Waals surface area contributed by atoms with E-state index in [1.807, 2.05) is 11.9 Å². The van der Waals surface area contributed by atoms with Crippen LogP contribution in [0.5, 0.6) is 5.75 Å². The molecular formula is C25H30F3N3O4S. The molecule has 0 saturated carbocycles. The van der Waals surface area contributed by atoms with E-state index in [4.69, 9.17) is 4.74 Å². The highest BCUT2D eigenvalue weighted by Gasteiger charge is 2.42. The van der Waals surface area contributed by atoms with E-state index < -0.39 is 37.8 Å². The van der Waals surface area contributed by atoms with Crippen LogP contribution in [0, 0.1) is 22.9 Å². The Hall–Kier alpha value is -2.63. The van der Waals surface area contributed by atoms with Crippen molar-refractivity contribution in [3.63, 3.8) is 0 Å². The number of piperazine rings is 1. The molecule has 0 atom stereocenters. The largest absolute Gasteiger partial charge is 0.493 e. The molecule has 4 rings (SSSR count). The summed E-state index contributed by atoms with van der Waals surface area (Å²) >= 11 is 0. The predicted octanol–water partition coefficient (Wildman–Crippen LogP) is 3.12. The fourth-order valence-corrected chi connectivity index (χ4v) is 6.14. The lowest BCUT2D eigenvalue weighted by atomic mass is 9.76. The smallest absolute Gasteiger partial charge is 0.245 e. The summed E-state index contributed by atoms with van der Waals surface area (Å²) in [5.41, 5.74) is -0.651. The maximum Gasteiger partial charge on any atom is 0.245 e. The Morgan fingerprint density at radius 1 is 0.917 bits per heavy atom. The van der Waals surface area contributed by atoms with Gasteiger partial charge in [-0.1, -0.05) is 0 Å². The van der Waals surface area contributed by atoms with E-state index >= 15 is 0 Å². The van der Waals surface area contributed by atoms with Gasteiger partial charge in [0.1, 0.15) is 28.1 Å². The first-order chi connectivity index (χ1) is 17.1. The van der Waals surface area contributed by atoms with Gasteiger partial charge in [0.05, 0.1) is 6.61 Å². The van der Waals surface area contributed by atoms with Crippen molar-refractivity contribution in [1.29, 1.82) is 0 Å². The summed E-state index contributed by atoms with van der Waals surface area (Å²) in [5.74, 6) is -1.96. The lowest BCUT2D eigenvalue weighted by Gasteiger charge is -2.42. The number of piperidine rings is 1. The molecule has 0 bridgehead atoms. The van der Waals surface area contributed by atoms with Crippen molar-refractivity contribution in [2.24, 2.45) is 5.41 Å². The van der Waals surface area contributed by atoms with Crippen LogP contribution in [0.4, 0.5) is 13.2 Å². The second-order valence-electron chi connectivity index (χ2n) is 9.58. The molecule has 2 aliphatic heterocycles. The minimum absolute atomic E-state index is 0.0216. The SMILES string of the molecule is CN1CCN(C(=O)CC2(COc3ccc(F)cc3)CCN(S(=O)(=O)c3ccc(F)cc3F)CC2)CC1. The second-order valence-corrected chi connectivity index (χ2v) is 11.5. The molecule has 11 heteroatoms. The minimum Gasteiger partial charge on any atom is -0.493 e. The van der Waals surface area contributed by atoms with Crippen molar-refractivity contribution < 1.29 is 31.1 Å². The van der Waals surface area contributed by atoms with E-state index in [1.54, 1.807) is 0 Å². The molecule has 1 amide bonds. The quantitative estimate of drug-likeness (QED) is 0.556. The first-order valence-electron chi connectivity index (χ1n) is 11.9. The summed E-state index contributed by atoms with van der Waals surface area (Å²) < 4.78 is 74.1. The molecule has 0 N–H and O–H groups in total. The number of rotatable bonds is 7. The molecule has 0 spiro atoms. The number of sulfonamides is 1. The van der Waals surface area contributed by atoms with Crippen LogP contribution in [-0.2, 0) is 14.8 Å². The first-order valence-corrected chi connectivity index (χ1v) is 13.3. The molecule has 196 valence electrons. The highest BCUT2D eigenvalue weighted by atomic mass is 32.2. The third kappa shape index (κ3) is 6.01. The van der Waals surface area contributed by atoms with Crippen molar-refractivity contribution in [1.82, 2.24) is 14.1 Å². The number of hydrogen-bond acceptors (Lipinski definition) is 5. The molecule has 7 nitrogen and oxygen atoms in total. The van der Waals surface area contributed by atoms with Crippen LogP contribution in [0.1, 0.15) is 19.3 Å². The topological polar surface area (TPSA) is 70.2 Å². The lowest BCUT2D eigenvalue weighted by Crippen LogP contribution is -2.51. The van der Waals surface area contributed by atoms with Crippen LogP contribution in [0.15, 0.2) is 47.4 Å². The van der Waals surface area contributed by atoms with E-state index in [-0.39, 0.29) is 32.0 Å². The Bertz CT molecular complexity index is 1180. The molecule has 36 heavy (non-hydrogen) atoms. The zero-order valence-corrected chi connectivity index (χ0v) is 20.9. The maximum absolute atomic E-state index is 14.2. The number of nitrogens with zero attached hydrogens (tertiary/aromatic N) is 3. The van der Waals surface area contributed by atoms with Gasteiger partial charge in [0.2, 0.25) is 15.9 Å². The number of benzene rings is 2. The summed E-state index contributed by atoms with van der Waals surface area (Å²) in [4.78, 5) is 16.6. The van der Waals surface area contributed by atoms with Gasteiger partial charge < -0.3 is 14.5 Å². The summed E-state index contributed by atoms with van der Waals surface area (Å²) in [5, 5.41) is 0. The van der Waals surface area contributed by atoms with E-state index in [0.717, 1.165) is 25.2 Å². The third-order valence-electron chi connectivity index (χ3n) is 7.04. The number of likely N-dealkylation sites (N-methyl/N-ethyl adjacent to an activating group) is 1. The van der Waals surface area contributed by atoms with Crippen molar-refractivity contribution in [2.45, 2.75) is 24.2 Å². The fraction of sp³-hybridized carbons (Fsp3) is 0.480. The Kier molecular flexibility index (Phi) is 7.91. The van der Waals surface area contributed by atoms with Crippen LogP contribution in [0.25, 0.3) is 0 Å².